The third-order valence-corrected chi connectivity index (χ3v) is 5.57. The van der Waals surface area contributed by atoms with Crippen LogP contribution >= 0.6 is 0 Å². The molecule has 0 amide bonds. The van der Waals surface area contributed by atoms with Gasteiger partial charge in [-0.1, -0.05) is 30.3 Å². The highest BCUT2D eigenvalue weighted by atomic mass is 19.1. The molecule has 5 aromatic rings. The van der Waals surface area contributed by atoms with E-state index in [-0.39, 0.29) is 5.82 Å². The van der Waals surface area contributed by atoms with Crippen molar-refractivity contribution in [3.63, 3.8) is 0 Å². The van der Waals surface area contributed by atoms with E-state index in [0.717, 1.165) is 38.6 Å². The highest BCUT2D eigenvalue weighted by Crippen LogP contribution is 2.32. The van der Waals surface area contributed by atoms with Gasteiger partial charge in [0.1, 0.15) is 11.9 Å². The Morgan fingerprint density at radius 3 is 2.57 bits per heavy atom. The van der Waals surface area contributed by atoms with E-state index in [0.29, 0.717) is 6.54 Å². The molecule has 0 spiro atoms. The fourth-order valence-electron chi connectivity index (χ4n) is 4.12. The monoisotopic (exact) mass is 396 g/mol. The summed E-state index contributed by atoms with van der Waals surface area (Å²) in [5.74, 6) is -0.253. The molecule has 0 saturated heterocycles. The number of hydrogen-bond acceptors (Lipinski definition) is 1. The fraction of sp³-hybridized carbons (Fsp3) is 0.0769. The highest BCUT2D eigenvalue weighted by molar-refractivity contribution is 5.86. The molecule has 1 N–H and O–H groups in total. The van der Waals surface area contributed by atoms with Crippen molar-refractivity contribution in [1.29, 1.82) is 0 Å². The normalized spacial score (nSPS) is 12.5. The van der Waals surface area contributed by atoms with E-state index < -0.39 is 6.10 Å². The first-order valence-corrected chi connectivity index (χ1v) is 9.89. The second kappa shape index (κ2) is 7.32. The van der Waals surface area contributed by atoms with Gasteiger partial charge in [0.15, 0.2) is 0 Å². The number of allylic oxidation sites excluding steroid dienone is 1. The van der Waals surface area contributed by atoms with Crippen molar-refractivity contribution in [2.75, 3.05) is 0 Å². The summed E-state index contributed by atoms with van der Waals surface area (Å²) in [6, 6.07) is 22.5. The van der Waals surface area contributed by atoms with Crippen LogP contribution < -0.4 is 0 Å². The summed E-state index contributed by atoms with van der Waals surface area (Å²) >= 11 is 0. The molecule has 0 aliphatic carbocycles. The maximum atomic E-state index is 13.3. The topological polar surface area (TPSA) is 30.1 Å². The Morgan fingerprint density at radius 1 is 0.967 bits per heavy atom. The van der Waals surface area contributed by atoms with Gasteiger partial charge in [-0.15, -0.1) is 6.58 Å². The number of para-hydroxylation sites is 1. The molecule has 30 heavy (non-hydrogen) atoms. The average Bonchev–Trinajstić information content (AvgIpc) is 3.36. The van der Waals surface area contributed by atoms with Crippen LogP contribution in [-0.4, -0.2) is 14.2 Å². The third kappa shape index (κ3) is 3.02. The molecule has 2 heterocycles. The lowest BCUT2D eigenvalue weighted by Crippen LogP contribution is -1.99. The Balaban J connectivity index is 1.56. The third-order valence-electron chi connectivity index (χ3n) is 5.57. The van der Waals surface area contributed by atoms with E-state index in [1.54, 1.807) is 12.1 Å². The second-order valence-corrected chi connectivity index (χ2v) is 7.43. The predicted molar refractivity (Wildman–Crippen MR) is 119 cm³/mol. The van der Waals surface area contributed by atoms with Crippen molar-refractivity contribution in [3.05, 3.63) is 115 Å². The van der Waals surface area contributed by atoms with Crippen molar-refractivity contribution >= 4 is 21.8 Å². The molecule has 0 aliphatic heterocycles. The smallest absolute Gasteiger partial charge is 0.123 e. The summed E-state index contributed by atoms with van der Waals surface area (Å²) in [6.45, 7) is 4.52. The van der Waals surface area contributed by atoms with E-state index in [2.05, 4.69) is 17.2 Å². The lowest BCUT2D eigenvalue weighted by atomic mass is 10.00. The van der Waals surface area contributed by atoms with E-state index in [9.17, 15) is 9.50 Å². The quantitative estimate of drug-likeness (QED) is 0.363. The van der Waals surface area contributed by atoms with Crippen LogP contribution in [0.15, 0.2) is 97.8 Å². The van der Waals surface area contributed by atoms with Gasteiger partial charge < -0.3 is 14.2 Å². The van der Waals surface area contributed by atoms with E-state index in [1.807, 2.05) is 65.5 Å². The minimum Gasteiger partial charge on any atom is -0.384 e. The summed E-state index contributed by atoms with van der Waals surface area (Å²) in [4.78, 5) is 0. The van der Waals surface area contributed by atoms with Gasteiger partial charge in [0.05, 0.1) is 5.52 Å². The van der Waals surface area contributed by atoms with E-state index in [4.69, 9.17) is 0 Å². The molecular weight excluding hydrogens is 375 g/mol. The van der Waals surface area contributed by atoms with Gasteiger partial charge in [-0.25, -0.2) is 4.39 Å². The summed E-state index contributed by atoms with van der Waals surface area (Å²) in [5.41, 5.74) is 4.69. The lowest BCUT2D eigenvalue weighted by Gasteiger charge is -2.12. The molecule has 1 unspecified atom stereocenters. The molecule has 3 aromatic carbocycles. The Kier molecular flexibility index (Phi) is 4.49. The van der Waals surface area contributed by atoms with Crippen molar-refractivity contribution < 1.29 is 9.50 Å². The van der Waals surface area contributed by atoms with Gasteiger partial charge in [0, 0.05) is 46.5 Å². The van der Waals surface area contributed by atoms with Gasteiger partial charge in [-0.05, 0) is 54.1 Å². The van der Waals surface area contributed by atoms with Gasteiger partial charge in [0.2, 0.25) is 0 Å². The summed E-state index contributed by atoms with van der Waals surface area (Å²) in [7, 11) is 0. The van der Waals surface area contributed by atoms with Crippen LogP contribution in [0.4, 0.5) is 4.39 Å². The van der Waals surface area contributed by atoms with Crippen molar-refractivity contribution in [2.45, 2.75) is 12.6 Å². The van der Waals surface area contributed by atoms with Gasteiger partial charge in [0.25, 0.3) is 0 Å². The minimum absolute atomic E-state index is 0.253. The Labute approximate surface area is 173 Å². The maximum absolute atomic E-state index is 13.3. The van der Waals surface area contributed by atoms with E-state index in [1.165, 1.54) is 12.1 Å². The molecule has 2 aromatic heterocycles. The first-order valence-electron chi connectivity index (χ1n) is 9.89. The number of benzene rings is 3. The van der Waals surface area contributed by atoms with Crippen LogP contribution in [0.1, 0.15) is 17.2 Å². The molecule has 1 atom stereocenters. The van der Waals surface area contributed by atoms with Crippen LogP contribution in [0.3, 0.4) is 0 Å². The van der Waals surface area contributed by atoms with Crippen molar-refractivity contribution in [3.8, 4) is 5.69 Å². The summed E-state index contributed by atoms with van der Waals surface area (Å²) < 4.78 is 17.4. The molecule has 0 radical (unpaired) electrons. The molecule has 0 aliphatic rings. The number of rotatable bonds is 5. The van der Waals surface area contributed by atoms with E-state index >= 15 is 0 Å². The SMILES string of the molecule is C=CCn1cc(C(O)c2ccc3c(ccn3-c3ccc(F)cc3)c2)c2ccccc21. The fourth-order valence-corrected chi connectivity index (χ4v) is 4.12. The summed E-state index contributed by atoms with van der Waals surface area (Å²) in [6.07, 6.45) is 5.08. The maximum Gasteiger partial charge on any atom is 0.123 e. The highest BCUT2D eigenvalue weighted by Gasteiger charge is 2.18. The Bertz CT molecular complexity index is 1360. The van der Waals surface area contributed by atoms with Crippen molar-refractivity contribution in [1.82, 2.24) is 9.13 Å². The Morgan fingerprint density at radius 2 is 1.77 bits per heavy atom. The first kappa shape index (κ1) is 18.4. The van der Waals surface area contributed by atoms with Crippen LogP contribution in [0.2, 0.25) is 0 Å². The summed E-state index contributed by atoms with van der Waals surface area (Å²) in [5, 5.41) is 13.3. The number of aromatic nitrogens is 2. The minimum atomic E-state index is -0.737. The molecule has 0 fully saturated rings. The number of hydrogen-bond donors (Lipinski definition) is 1. The molecule has 0 saturated carbocycles. The van der Waals surface area contributed by atoms with Crippen LogP contribution in [0.5, 0.6) is 0 Å². The molecule has 3 nitrogen and oxygen atoms in total. The molecule has 4 heteroatoms. The second-order valence-electron chi connectivity index (χ2n) is 7.43. The zero-order valence-electron chi connectivity index (χ0n) is 16.4. The first-order chi connectivity index (χ1) is 14.7. The van der Waals surface area contributed by atoms with Gasteiger partial charge in [-0.3, -0.25) is 0 Å². The molecule has 5 rings (SSSR count). The lowest BCUT2D eigenvalue weighted by molar-refractivity contribution is 0.222. The van der Waals surface area contributed by atoms with Crippen LogP contribution in [0, 0.1) is 5.82 Å². The Hall–Kier alpha value is -3.63. The molecule has 148 valence electrons. The van der Waals surface area contributed by atoms with Crippen LogP contribution in [0.25, 0.3) is 27.5 Å². The standard InChI is InChI=1S/C26H21FN2O/c1-2-14-28-17-23(22-5-3-4-6-25(22)28)26(30)19-7-12-24-18(16-19)13-15-29(24)21-10-8-20(27)9-11-21/h2-13,15-17,26,30H,1,14H2. The predicted octanol–water partition coefficient (Wildman–Crippen LogP) is 5.99. The largest absolute Gasteiger partial charge is 0.384 e. The van der Waals surface area contributed by atoms with Gasteiger partial charge >= 0.3 is 0 Å². The average molecular weight is 396 g/mol. The number of aliphatic hydroxyl groups excluding tert-OH is 1. The van der Waals surface area contributed by atoms with Gasteiger partial charge in [-0.2, -0.15) is 0 Å². The number of aliphatic hydroxyl groups is 1. The zero-order chi connectivity index (χ0) is 20.7. The van der Waals surface area contributed by atoms with Crippen LogP contribution in [-0.2, 0) is 6.54 Å². The number of fused-ring (bicyclic) bond motifs is 2. The zero-order valence-corrected chi connectivity index (χ0v) is 16.4. The molecular formula is C26H21FN2O. The number of halogens is 1. The number of nitrogens with zero attached hydrogens (tertiary/aromatic N) is 2. The molecule has 0 bridgehead atoms. The van der Waals surface area contributed by atoms with Crippen molar-refractivity contribution in [2.24, 2.45) is 0 Å².